The summed E-state index contributed by atoms with van der Waals surface area (Å²) in [5.41, 5.74) is 0.971. The molecular formula is C21H21Cl2N5O3S. The maximum absolute atomic E-state index is 12.4. The lowest BCUT2D eigenvalue weighted by molar-refractivity contribution is -0.113. The molecular weight excluding hydrogens is 473 g/mol. The zero-order chi connectivity index (χ0) is 23.1. The van der Waals surface area contributed by atoms with E-state index in [2.05, 4.69) is 20.8 Å². The molecule has 2 N–H and O–H groups in total. The molecule has 0 spiro atoms. The maximum atomic E-state index is 12.4. The van der Waals surface area contributed by atoms with Gasteiger partial charge in [0.1, 0.15) is 5.75 Å². The zero-order valence-electron chi connectivity index (χ0n) is 17.4. The van der Waals surface area contributed by atoms with Crippen LogP contribution in [0.1, 0.15) is 23.1 Å². The van der Waals surface area contributed by atoms with Gasteiger partial charge in [-0.2, -0.15) is 0 Å². The summed E-state index contributed by atoms with van der Waals surface area (Å²) in [5, 5.41) is 15.2. The fourth-order valence-electron chi connectivity index (χ4n) is 2.83. The molecule has 0 fully saturated rings. The minimum Gasteiger partial charge on any atom is -0.497 e. The molecule has 2 aromatic carbocycles. The number of aromatic nitrogens is 3. The van der Waals surface area contributed by atoms with Crippen LogP contribution in [0, 0.1) is 0 Å². The average Bonchev–Trinajstić information content (AvgIpc) is 3.18. The lowest BCUT2D eigenvalue weighted by Gasteiger charge is -2.10. The van der Waals surface area contributed by atoms with E-state index in [0.29, 0.717) is 39.5 Å². The third-order valence-electron chi connectivity index (χ3n) is 4.38. The molecule has 3 aromatic rings. The van der Waals surface area contributed by atoms with Crippen LogP contribution in [0.15, 0.2) is 47.6 Å². The SMILES string of the molecule is CCn1c(CNC(=O)c2ccc(Cl)cc2Cl)nnc1SCC(=O)Nc1cccc(OC)c1. The number of nitrogens with zero attached hydrogens (tertiary/aromatic N) is 3. The van der Waals surface area contributed by atoms with Crippen molar-refractivity contribution in [3.05, 3.63) is 63.9 Å². The molecule has 8 nitrogen and oxygen atoms in total. The van der Waals surface area contributed by atoms with Gasteiger partial charge >= 0.3 is 0 Å². The van der Waals surface area contributed by atoms with Gasteiger partial charge in [-0.3, -0.25) is 9.59 Å². The van der Waals surface area contributed by atoms with Crippen LogP contribution in [0.25, 0.3) is 0 Å². The normalized spacial score (nSPS) is 10.6. The van der Waals surface area contributed by atoms with E-state index in [1.807, 2.05) is 11.5 Å². The van der Waals surface area contributed by atoms with Gasteiger partial charge in [0.25, 0.3) is 5.91 Å². The molecule has 0 aliphatic carbocycles. The molecule has 0 bridgehead atoms. The lowest BCUT2D eigenvalue weighted by Crippen LogP contribution is -2.25. The van der Waals surface area contributed by atoms with Crippen molar-refractivity contribution in [1.82, 2.24) is 20.1 Å². The van der Waals surface area contributed by atoms with Crippen LogP contribution in [0.2, 0.25) is 10.0 Å². The van der Waals surface area contributed by atoms with E-state index in [0.717, 1.165) is 0 Å². The van der Waals surface area contributed by atoms with Crippen LogP contribution >= 0.6 is 35.0 Å². The van der Waals surface area contributed by atoms with Crippen molar-refractivity contribution >= 4 is 52.5 Å². The molecule has 11 heteroatoms. The second kappa shape index (κ2) is 11.2. The largest absolute Gasteiger partial charge is 0.497 e. The van der Waals surface area contributed by atoms with E-state index in [-0.39, 0.29) is 29.1 Å². The number of halogens is 2. The van der Waals surface area contributed by atoms with E-state index in [1.54, 1.807) is 43.5 Å². The Morgan fingerprint density at radius 3 is 2.69 bits per heavy atom. The Morgan fingerprint density at radius 1 is 1.16 bits per heavy atom. The van der Waals surface area contributed by atoms with Crippen molar-refractivity contribution in [1.29, 1.82) is 0 Å². The Labute approximate surface area is 199 Å². The van der Waals surface area contributed by atoms with Crippen molar-refractivity contribution in [2.75, 3.05) is 18.2 Å². The predicted molar refractivity (Wildman–Crippen MR) is 126 cm³/mol. The van der Waals surface area contributed by atoms with Gasteiger partial charge in [0.05, 0.1) is 30.0 Å². The molecule has 0 unspecified atom stereocenters. The number of ether oxygens (including phenoxy) is 1. The molecule has 1 aromatic heterocycles. The summed E-state index contributed by atoms with van der Waals surface area (Å²) in [7, 11) is 1.57. The number of carbonyl (C=O) groups is 2. The molecule has 32 heavy (non-hydrogen) atoms. The Hall–Kier alpha value is -2.75. The highest BCUT2D eigenvalue weighted by Crippen LogP contribution is 2.22. The molecule has 0 saturated heterocycles. The summed E-state index contributed by atoms with van der Waals surface area (Å²) in [6.45, 7) is 2.68. The van der Waals surface area contributed by atoms with Crippen LogP contribution in [-0.2, 0) is 17.9 Å². The first-order valence-corrected chi connectivity index (χ1v) is 11.4. The number of carbonyl (C=O) groups excluding carboxylic acids is 2. The number of anilines is 1. The van der Waals surface area contributed by atoms with Gasteiger partial charge in [-0.25, -0.2) is 0 Å². The number of rotatable bonds is 9. The van der Waals surface area contributed by atoms with Crippen molar-refractivity contribution in [3.63, 3.8) is 0 Å². The van der Waals surface area contributed by atoms with Crippen molar-refractivity contribution < 1.29 is 14.3 Å². The Kier molecular flexibility index (Phi) is 8.38. The smallest absolute Gasteiger partial charge is 0.253 e. The summed E-state index contributed by atoms with van der Waals surface area (Å²) < 4.78 is 7.00. The molecule has 0 aliphatic heterocycles. The third kappa shape index (κ3) is 6.15. The van der Waals surface area contributed by atoms with Gasteiger partial charge in [-0.1, -0.05) is 41.0 Å². The Balaban J connectivity index is 1.58. The second-order valence-electron chi connectivity index (χ2n) is 6.52. The number of benzene rings is 2. The number of thioether (sulfide) groups is 1. The maximum Gasteiger partial charge on any atom is 0.253 e. The summed E-state index contributed by atoms with van der Waals surface area (Å²) in [6.07, 6.45) is 0. The molecule has 1 heterocycles. The first-order valence-electron chi connectivity index (χ1n) is 9.63. The second-order valence-corrected chi connectivity index (χ2v) is 8.30. The Morgan fingerprint density at radius 2 is 1.97 bits per heavy atom. The lowest BCUT2D eigenvalue weighted by atomic mass is 10.2. The van der Waals surface area contributed by atoms with Gasteiger partial charge in [0.2, 0.25) is 5.91 Å². The van der Waals surface area contributed by atoms with Gasteiger partial charge in [0.15, 0.2) is 11.0 Å². The quantitative estimate of drug-likeness (QED) is 0.431. The van der Waals surface area contributed by atoms with Crippen LogP contribution in [0.4, 0.5) is 5.69 Å². The van der Waals surface area contributed by atoms with Crippen molar-refractivity contribution in [2.45, 2.75) is 25.2 Å². The summed E-state index contributed by atoms with van der Waals surface area (Å²) >= 11 is 13.2. The number of methoxy groups -OCH3 is 1. The van der Waals surface area contributed by atoms with Crippen molar-refractivity contribution in [3.8, 4) is 5.75 Å². The molecule has 0 saturated carbocycles. The van der Waals surface area contributed by atoms with E-state index < -0.39 is 0 Å². The summed E-state index contributed by atoms with van der Waals surface area (Å²) in [5.74, 6) is 0.863. The van der Waals surface area contributed by atoms with Crippen LogP contribution in [0.5, 0.6) is 5.75 Å². The first-order chi connectivity index (χ1) is 15.4. The third-order valence-corrected chi connectivity index (χ3v) is 5.89. The van der Waals surface area contributed by atoms with E-state index in [9.17, 15) is 9.59 Å². The van der Waals surface area contributed by atoms with Crippen LogP contribution in [0.3, 0.4) is 0 Å². The van der Waals surface area contributed by atoms with E-state index in [1.165, 1.54) is 17.8 Å². The number of hydrogen-bond donors (Lipinski definition) is 2. The van der Waals surface area contributed by atoms with Crippen molar-refractivity contribution in [2.24, 2.45) is 0 Å². The highest BCUT2D eigenvalue weighted by atomic mass is 35.5. The molecule has 0 radical (unpaired) electrons. The van der Waals surface area contributed by atoms with E-state index in [4.69, 9.17) is 27.9 Å². The molecule has 2 amide bonds. The Bertz CT molecular complexity index is 1120. The molecule has 3 rings (SSSR count). The van der Waals surface area contributed by atoms with Gasteiger partial charge in [0, 0.05) is 23.3 Å². The average molecular weight is 494 g/mol. The van der Waals surface area contributed by atoms with E-state index >= 15 is 0 Å². The predicted octanol–water partition coefficient (Wildman–Crippen LogP) is 4.27. The van der Waals surface area contributed by atoms with Crippen LogP contribution in [-0.4, -0.2) is 39.4 Å². The van der Waals surface area contributed by atoms with Gasteiger partial charge < -0.3 is 19.9 Å². The molecule has 0 aliphatic rings. The van der Waals surface area contributed by atoms with Gasteiger partial charge in [-0.05, 0) is 37.3 Å². The highest BCUT2D eigenvalue weighted by Gasteiger charge is 2.16. The monoisotopic (exact) mass is 493 g/mol. The highest BCUT2D eigenvalue weighted by molar-refractivity contribution is 7.99. The minimum absolute atomic E-state index is 0.155. The summed E-state index contributed by atoms with van der Waals surface area (Å²) in [6, 6.07) is 11.8. The topological polar surface area (TPSA) is 98.1 Å². The molecule has 0 atom stereocenters. The number of nitrogens with one attached hydrogen (secondary N) is 2. The summed E-state index contributed by atoms with van der Waals surface area (Å²) in [4.78, 5) is 24.7. The fourth-order valence-corrected chi connectivity index (χ4v) is 4.15. The number of hydrogen-bond acceptors (Lipinski definition) is 6. The van der Waals surface area contributed by atoms with Crippen LogP contribution < -0.4 is 15.4 Å². The number of amides is 2. The zero-order valence-corrected chi connectivity index (χ0v) is 19.7. The minimum atomic E-state index is -0.343. The molecule has 168 valence electrons. The first kappa shape index (κ1) is 23.9. The van der Waals surface area contributed by atoms with Gasteiger partial charge in [-0.15, -0.1) is 10.2 Å². The standard InChI is InChI=1S/C21H21Cl2N5O3S/c1-3-28-18(11-24-20(30)16-8-7-13(22)9-17(16)23)26-27-21(28)32-12-19(29)25-14-5-4-6-15(10-14)31-2/h4-10H,3,11-12H2,1-2H3,(H,24,30)(H,25,29). The fraction of sp³-hybridized carbons (Fsp3) is 0.238.